The molecule has 0 saturated carbocycles. The number of hydrogen-bond acceptors (Lipinski definition) is 2. The van der Waals surface area contributed by atoms with Gasteiger partial charge in [0.2, 0.25) is 0 Å². The molecular weight excluding hydrogens is 202 g/mol. The standard InChI is InChI=1S/C10H16ClNO2/c1-6(2)9-7(11)3-4-12-8(9)5-14-10(12)13/h6-9H,3-5H2,1-2H3. The third-order valence-electron chi connectivity index (χ3n) is 3.29. The number of nitrogens with zero attached hydrogens (tertiary/aromatic N) is 1. The van der Waals surface area contributed by atoms with Gasteiger partial charge in [-0.25, -0.2) is 4.79 Å². The fourth-order valence-corrected chi connectivity index (χ4v) is 3.16. The lowest BCUT2D eigenvalue weighted by molar-refractivity contribution is 0.126. The van der Waals surface area contributed by atoms with Crippen LogP contribution in [-0.4, -0.2) is 35.6 Å². The van der Waals surface area contributed by atoms with Gasteiger partial charge in [0.15, 0.2) is 0 Å². The maximum absolute atomic E-state index is 11.3. The fraction of sp³-hybridized carbons (Fsp3) is 0.900. The summed E-state index contributed by atoms with van der Waals surface area (Å²) in [7, 11) is 0. The monoisotopic (exact) mass is 217 g/mol. The third kappa shape index (κ3) is 1.48. The second-order valence-electron chi connectivity index (χ2n) is 4.46. The van der Waals surface area contributed by atoms with Crippen LogP contribution in [0.2, 0.25) is 0 Å². The lowest BCUT2D eigenvalue weighted by Crippen LogP contribution is -2.50. The van der Waals surface area contributed by atoms with Crippen molar-refractivity contribution in [2.24, 2.45) is 11.8 Å². The molecule has 2 aliphatic heterocycles. The van der Waals surface area contributed by atoms with Crippen LogP contribution in [0.3, 0.4) is 0 Å². The van der Waals surface area contributed by atoms with Gasteiger partial charge in [-0.1, -0.05) is 13.8 Å². The Morgan fingerprint density at radius 1 is 1.57 bits per heavy atom. The average Bonchev–Trinajstić information content (AvgIpc) is 2.47. The van der Waals surface area contributed by atoms with Crippen molar-refractivity contribution in [3.8, 4) is 0 Å². The van der Waals surface area contributed by atoms with Crippen molar-refractivity contribution in [1.29, 1.82) is 0 Å². The molecule has 3 atom stereocenters. The molecule has 0 aliphatic carbocycles. The van der Waals surface area contributed by atoms with E-state index < -0.39 is 0 Å². The predicted octanol–water partition coefficient (Wildman–Crippen LogP) is 2.09. The summed E-state index contributed by atoms with van der Waals surface area (Å²) in [5.74, 6) is 0.872. The molecule has 4 heteroatoms. The Labute approximate surface area is 89.4 Å². The Kier molecular flexibility index (Phi) is 2.60. The van der Waals surface area contributed by atoms with E-state index in [1.54, 1.807) is 0 Å². The predicted molar refractivity (Wildman–Crippen MR) is 54.4 cm³/mol. The van der Waals surface area contributed by atoms with Crippen molar-refractivity contribution in [2.75, 3.05) is 13.2 Å². The molecule has 0 spiro atoms. The van der Waals surface area contributed by atoms with Gasteiger partial charge in [0.05, 0.1) is 6.04 Å². The summed E-state index contributed by atoms with van der Waals surface area (Å²) in [6, 6.07) is 0.207. The van der Waals surface area contributed by atoms with Crippen molar-refractivity contribution in [2.45, 2.75) is 31.7 Å². The second kappa shape index (κ2) is 3.61. The fourth-order valence-electron chi connectivity index (χ4n) is 2.60. The Morgan fingerprint density at radius 2 is 2.29 bits per heavy atom. The molecule has 0 aromatic heterocycles. The van der Waals surface area contributed by atoms with Crippen LogP contribution in [0.25, 0.3) is 0 Å². The summed E-state index contributed by atoms with van der Waals surface area (Å²) in [5, 5.41) is 0.186. The number of amides is 1. The molecule has 80 valence electrons. The highest BCUT2D eigenvalue weighted by molar-refractivity contribution is 6.21. The summed E-state index contributed by atoms with van der Waals surface area (Å²) in [6.45, 7) is 5.59. The zero-order valence-corrected chi connectivity index (χ0v) is 9.33. The van der Waals surface area contributed by atoms with Crippen LogP contribution >= 0.6 is 11.6 Å². The molecule has 2 aliphatic rings. The average molecular weight is 218 g/mol. The van der Waals surface area contributed by atoms with Gasteiger partial charge in [0.1, 0.15) is 6.61 Å². The van der Waals surface area contributed by atoms with Crippen LogP contribution in [0, 0.1) is 11.8 Å². The van der Waals surface area contributed by atoms with Crippen molar-refractivity contribution >= 4 is 17.7 Å². The van der Waals surface area contributed by atoms with Crippen LogP contribution in [0.15, 0.2) is 0 Å². The van der Waals surface area contributed by atoms with E-state index in [2.05, 4.69) is 13.8 Å². The maximum Gasteiger partial charge on any atom is 0.410 e. The van der Waals surface area contributed by atoms with Crippen molar-refractivity contribution in [1.82, 2.24) is 4.90 Å². The Balaban J connectivity index is 2.17. The minimum Gasteiger partial charge on any atom is -0.447 e. The molecule has 2 saturated heterocycles. The first-order valence-electron chi connectivity index (χ1n) is 5.18. The number of ether oxygens (including phenoxy) is 1. The highest BCUT2D eigenvalue weighted by Crippen LogP contribution is 2.36. The molecule has 0 aromatic rings. The summed E-state index contributed by atoms with van der Waals surface area (Å²) in [6.07, 6.45) is 0.722. The van der Waals surface area contributed by atoms with Crippen LogP contribution in [-0.2, 0) is 4.74 Å². The van der Waals surface area contributed by atoms with Gasteiger partial charge < -0.3 is 9.64 Å². The molecule has 3 nitrogen and oxygen atoms in total. The van der Waals surface area contributed by atoms with Crippen LogP contribution in [0.5, 0.6) is 0 Å². The van der Waals surface area contributed by atoms with Gasteiger partial charge in [-0.15, -0.1) is 11.6 Å². The largest absolute Gasteiger partial charge is 0.447 e. The highest BCUT2D eigenvalue weighted by atomic mass is 35.5. The lowest BCUT2D eigenvalue weighted by Gasteiger charge is -2.39. The van der Waals surface area contributed by atoms with Crippen molar-refractivity contribution < 1.29 is 9.53 Å². The summed E-state index contributed by atoms with van der Waals surface area (Å²) < 4.78 is 5.06. The molecule has 2 fully saturated rings. The SMILES string of the molecule is CC(C)C1C(Cl)CCN2C(=O)OCC12. The van der Waals surface area contributed by atoms with Gasteiger partial charge in [-0.05, 0) is 12.3 Å². The summed E-state index contributed by atoms with van der Waals surface area (Å²) >= 11 is 6.30. The topological polar surface area (TPSA) is 29.5 Å². The molecule has 3 unspecified atom stereocenters. The normalized spacial score (nSPS) is 37.3. The molecule has 14 heavy (non-hydrogen) atoms. The number of cyclic esters (lactones) is 1. The number of fused-ring (bicyclic) bond motifs is 1. The molecule has 0 N–H and O–H groups in total. The number of carbonyl (C=O) groups is 1. The minimum absolute atomic E-state index is 0.163. The molecule has 2 rings (SSSR count). The molecule has 0 radical (unpaired) electrons. The zero-order chi connectivity index (χ0) is 10.3. The number of alkyl halides is 1. The first kappa shape index (κ1) is 10.1. The van der Waals surface area contributed by atoms with E-state index >= 15 is 0 Å². The smallest absolute Gasteiger partial charge is 0.410 e. The summed E-state index contributed by atoms with van der Waals surface area (Å²) in [4.78, 5) is 13.2. The van der Waals surface area contributed by atoms with Crippen LogP contribution in [0.4, 0.5) is 4.79 Å². The first-order chi connectivity index (χ1) is 6.61. The molecule has 0 aromatic carbocycles. The van der Waals surface area contributed by atoms with Crippen LogP contribution < -0.4 is 0 Å². The quantitative estimate of drug-likeness (QED) is 0.630. The molecular formula is C10H16ClNO2. The maximum atomic E-state index is 11.3. The van der Waals surface area contributed by atoms with E-state index in [0.717, 1.165) is 13.0 Å². The van der Waals surface area contributed by atoms with Gasteiger partial charge in [0, 0.05) is 17.8 Å². The van der Waals surface area contributed by atoms with E-state index in [0.29, 0.717) is 18.4 Å². The number of hydrogen-bond donors (Lipinski definition) is 0. The van der Waals surface area contributed by atoms with Gasteiger partial charge >= 0.3 is 6.09 Å². The van der Waals surface area contributed by atoms with Gasteiger partial charge in [-0.3, -0.25) is 0 Å². The first-order valence-corrected chi connectivity index (χ1v) is 5.62. The van der Waals surface area contributed by atoms with Crippen LogP contribution in [0.1, 0.15) is 20.3 Å². The van der Waals surface area contributed by atoms with Crippen molar-refractivity contribution in [3.63, 3.8) is 0 Å². The lowest BCUT2D eigenvalue weighted by atomic mass is 9.81. The number of piperidine rings is 1. The van der Waals surface area contributed by atoms with E-state index in [9.17, 15) is 4.79 Å². The van der Waals surface area contributed by atoms with Gasteiger partial charge in [0.25, 0.3) is 0 Å². The van der Waals surface area contributed by atoms with Gasteiger partial charge in [-0.2, -0.15) is 0 Å². The summed E-state index contributed by atoms with van der Waals surface area (Å²) in [5.41, 5.74) is 0. The third-order valence-corrected chi connectivity index (χ3v) is 3.80. The Hall–Kier alpha value is -0.440. The van der Waals surface area contributed by atoms with E-state index in [-0.39, 0.29) is 17.5 Å². The van der Waals surface area contributed by atoms with Crippen molar-refractivity contribution in [3.05, 3.63) is 0 Å². The second-order valence-corrected chi connectivity index (χ2v) is 5.02. The Bertz CT molecular complexity index is 244. The molecule has 1 amide bonds. The number of carbonyl (C=O) groups excluding carboxylic acids is 1. The van der Waals surface area contributed by atoms with E-state index in [1.165, 1.54) is 0 Å². The number of rotatable bonds is 1. The van der Waals surface area contributed by atoms with E-state index in [1.807, 2.05) is 4.90 Å². The molecule has 2 heterocycles. The zero-order valence-electron chi connectivity index (χ0n) is 8.57. The Morgan fingerprint density at radius 3 is 2.93 bits per heavy atom. The molecule has 0 bridgehead atoms. The van der Waals surface area contributed by atoms with E-state index in [4.69, 9.17) is 16.3 Å². The number of halogens is 1. The highest BCUT2D eigenvalue weighted by Gasteiger charge is 2.45. The minimum atomic E-state index is -0.163.